The van der Waals surface area contributed by atoms with Gasteiger partial charge in [-0.3, -0.25) is 5.41 Å². The van der Waals surface area contributed by atoms with Crippen LogP contribution in [0.5, 0.6) is 0 Å². The molecule has 1 aromatic rings. The first-order valence-corrected chi connectivity index (χ1v) is 7.19. The molecule has 0 radical (unpaired) electrons. The minimum Gasteiger partial charge on any atom is -0.384 e. The van der Waals surface area contributed by atoms with E-state index in [4.69, 9.17) is 15.9 Å². The van der Waals surface area contributed by atoms with Crippen LogP contribution in [0.2, 0.25) is 0 Å². The Morgan fingerprint density at radius 3 is 2.90 bits per heavy atom. The van der Waals surface area contributed by atoms with Crippen molar-refractivity contribution < 1.29 is 9.13 Å². The number of fused-ring (bicyclic) bond motifs is 1. The maximum atomic E-state index is 14.3. The average Bonchev–Trinajstić information content (AvgIpc) is 2.46. The van der Waals surface area contributed by atoms with E-state index in [9.17, 15) is 4.39 Å². The molecule has 1 aliphatic carbocycles. The minimum absolute atomic E-state index is 0.104. The number of nitrogens with two attached hydrogens (primary N) is 1. The number of anilines is 1. The van der Waals surface area contributed by atoms with Gasteiger partial charge in [-0.25, -0.2) is 4.39 Å². The standard InChI is InChI=1S/C15H20FN3O/c16-11-9-10(15(17)18)5-6-12(11)19-7-8-20-14-4-2-1-3-13(14)19/h5-6,9,13-14H,1-4,7-8H2,(H3,17,18). The van der Waals surface area contributed by atoms with Crippen molar-refractivity contribution in [2.45, 2.75) is 37.8 Å². The number of amidine groups is 1. The zero-order chi connectivity index (χ0) is 14.1. The fraction of sp³-hybridized carbons (Fsp3) is 0.533. The summed E-state index contributed by atoms with van der Waals surface area (Å²) in [6.07, 6.45) is 4.71. The number of nitrogens with one attached hydrogen (secondary N) is 1. The fourth-order valence-electron chi connectivity index (χ4n) is 3.30. The summed E-state index contributed by atoms with van der Waals surface area (Å²) in [5, 5.41) is 7.37. The van der Waals surface area contributed by atoms with Crippen molar-refractivity contribution in [2.24, 2.45) is 5.73 Å². The van der Waals surface area contributed by atoms with Gasteiger partial charge >= 0.3 is 0 Å². The van der Waals surface area contributed by atoms with E-state index in [1.54, 1.807) is 12.1 Å². The summed E-state index contributed by atoms with van der Waals surface area (Å²) in [5.41, 5.74) is 6.44. The molecule has 1 heterocycles. The number of nitrogens with zero attached hydrogens (tertiary/aromatic N) is 1. The highest BCUT2D eigenvalue weighted by molar-refractivity contribution is 5.95. The SMILES string of the molecule is N=C(N)c1ccc(N2CCOC3CCCCC32)c(F)c1. The summed E-state index contributed by atoms with van der Waals surface area (Å²) in [5.74, 6) is -0.406. The third-order valence-corrected chi connectivity index (χ3v) is 4.30. The van der Waals surface area contributed by atoms with Crippen LogP contribution >= 0.6 is 0 Å². The summed E-state index contributed by atoms with van der Waals surface area (Å²) in [6.45, 7) is 1.37. The second-order valence-corrected chi connectivity index (χ2v) is 5.53. The predicted molar refractivity (Wildman–Crippen MR) is 76.8 cm³/mol. The van der Waals surface area contributed by atoms with E-state index in [2.05, 4.69) is 4.90 Å². The maximum Gasteiger partial charge on any atom is 0.147 e. The number of rotatable bonds is 2. The number of morpholine rings is 1. The first-order chi connectivity index (χ1) is 9.66. The third-order valence-electron chi connectivity index (χ3n) is 4.30. The molecule has 20 heavy (non-hydrogen) atoms. The van der Waals surface area contributed by atoms with Crippen LogP contribution in [0.4, 0.5) is 10.1 Å². The molecule has 2 unspecified atom stereocenters. The lowest BCUT2D eigenvalue weighted by Gasteiger charge is -2.45. The summed E-state index contributed by atoms with van der Waals surface area (Å²) >= 11 is 0. The molecule has 2 atom stereocenters. The summed E-state index contributed by atoms with van der Waals surface area (Å²) in [7, 11) is 0. The molecule has 1 saturated heterocycles. The van der Waals surface area contributed by atoms with Crippen molar-refractivity contribution in [2.75, 3.05) is 18.1 Å². The monoisotopic (exact) mass is 277 g/mol. The van der Waals surface area contributed by atoms with Gasteiger partial charge < -0.3 is 15.4 Å². The molecule has 1 aromatic carbocycles. The van der Waals surface area contributed by atoms with Gasteiger partial charge in [-0.15, -0.1) is 0 Å². The molecule has 4 nitrogen and oxygen atoms in total. The normalized spacial score (nSPS) is 26.1. The van der Waals surface area contributed by atoms with E-state index in [0.717, 1.165) is 19.4 Å². The first kappa shape index (κ1) is 13.4. The van der Waals surface area contributed by atoms with Crippen LogP contribution in [0.3, 0.4) is 0 Å². The lowest BCUT2D eigenvalue weighted by atomic mass is 9.89. The largest absolute Gasteiger partial charge is 0.384 e. The van der Waals surface area contributed by atoms with Crippen molar-refractivity contribution in [1.29, 1.82) is 5.41 Å². The molecule has 108 valence electrons. The number of hydrogen-bond donors (Lipinski definition) is 2. The molecule has 0 spiro atoms. The van der Waals surface area contributed by atoms with Crippen LogP contribution in [0, 0.1) is 11.2 Å². The molecule has 2 aliphatic rings. The van der Waals surface area contributed by atoms with Gasteiger partial charge in [0.1, 0.15) is 11.7 Å². The molecule has 1 aliphatic heterocycles. The van der Waals surface area contributed by atoms with Crippen LogP contribution in [-0.4, -0.2) is 31.1 Å². The summed E-state index contributed by atoms with van der Waals surface area (Å²) < 4.78 is 20.1. The second-order valence-electron chi connectivity index (χ2n) is 5.53. The van der Waals surface area contributed by atoms with E-state index in [1.807, 2.05) is 0 Å². The smallest absolute Gasteiger partial charge is 0.147 e. The summed E-state index contributed by atoms with van der Waals surface area (Å²) in [4.78, 5) is 2.13. The van der Waals surface area contributed by atoms with Crippen molar-refractivity contribution in [1.82, 2.24) is 0 Å². The van der Waals surface area contributed by atoms with E-state index in [-0.39, 0.29) is 23.8 Å². The number of nitrogen functional groups attached to an aromatic ring is 1. The molecule has 3 rings (SSSR count). The van der Waals surface area contributed by atoms with Gasteiger partial charge in [0.15, 0.2) is 0 Å². The third kappa shape index (κ3) is 2.38. The second kappa shape index (κ2) is 5.40. The topological polar surface area (TPSA) is 62.3 Å². The zero-order valence-electron chi connectivity index (χ0n) is 11.4. The van der Waals surface area contributed by atoms with Crippen LogP contribution in [0.15, 0.2) is 18.2 Å². The number of ether oxygens (including phenoxy) is 1. The Balaban J connectivity index is 1.89. The van der Waals surface area contributed by atoms with Gasteiger partial charge in [-0.1, -0.05) is 12.8 Å². The lowest BCUT2D eigenvalue weighted by molar-refractivity contribution is -0.00891. The van der Waals surface area contributed by atoms with Crippen LogP contribution in [0.25, 0.3) is 0 Å². The van der Waals surface area contributed by atoms with Crippen molar-refractivity contribution in [3.05, 3.63) is 29.6 Å². The Bertz CT molecular complexity index is 518. The molecule has 3 N–H and O–H groups in total. The van der Waals surface area contributed by atoms with Gasteiger partial charge in [0.25, 0.3) is 0 Å². The number of halogens is 1. The molecule has 5 heteroatoms. The zero-order valence-corrected chi connectivity index (χ0v) is 11.4. The summed E-state index contributed by atoms with van der Waals surface area (Å²) in [6, 6.07) is 5.08. The molecule has 2 fully saturated rings. The fourth-order valence-corrected chi connectivity index (χ4v) is 3.30. The van der Waals surface area contributed by atoms with Gasteiger partial charge in [0.2, 0.25) is 0 Å². The Labute approximate surface area is 118 Å². The number of hydrogen-bond acceptors (Lipinski definition) is 3. The van der Waals surface area contributed by atoms with Crippen molar-refractivity contribution in [3.8, 4) is 0 Å². The minimum atomic E-state index is -0.302. The highest BCUT2D eigenvalue weighted by atomic mass is 19.1. The Morgan fingerprint density at radius 1 is 1.35 bits per heavy atom. The van der Waals surface area contributed by atoms with E-state index >= 15 is 0 Å². The van der Waals surface area contributed by atoms with Crippen LogP contribution in [0.1, 0.15) is 31.2 Å². The highest BCUT2D eigenvalue weighted by Crippen LogP contribution is 2.33. The quantitative estimate of drug-likeness (QED) is 0.644. The maximum absolute atomic E-state index is 14.3. The molecule has 0 aromatic heterocycles. The molecule has 0 bridgehead atoms. The Kier molecular flexibility index (Phi) is 3.61. The van der Waals surface area contributed by atoms with E-state index < -0.39 is 0 Å². The van der Waals surface area contributed by atoms with Crippen molar-refractivity contribution >= 4 is 11.5 Å². The predicted octanol–water partition coefficient (Wildman–Crippen LogP) is 2.26. The van der Waals surface area contributed by atoms with Gasteiger partial charge in [-0.2, -0.15) is 0 Å². The highest BCUT2D eigenvalue weighted by Gasteiger charge is 2.35. The van der Waals surface area contributed by atoms with E-state index in [1.165, 1.54) is 18.9 Å². The molecular weight excluding hydrogens is 257 g/mol. The molecule has 0 amide bonds. The Morgan fingerprint density at radius 2 is 2.15 bits per heavy atom. The van der Waals surface area contributed by atoms with Crippen molar-refractivity contribution in [3.63, 3.8) is 0 Å². The lowest BCUT2D eigenvalue weighted by Crippen LogP contribution is -2.53. The van der Waals surface area contributed by atoms with Gasteiger partial charge in [0, 0.05) is 12.1 Å². The van der Waals surface area contributed by atoms with E-state index in [0.29, 0.717) is 17.9 Å². The molecule has 1 saturated carbocycles. The van der Waals surface area contributed by atoms with Gasteiger partial charge in [0.05, 0.1) is 24.4 Å². The van der Waals surface area contributed by atoms with Crippen LogP contribution < -0.4 is 10.6 Å². The molecular formula is C15H20FN3O. The number of benzene rings is 1. The van der Waals surface area contributed by atoms with Crippen LogP contribution in [-0.2, 0) is 4.74 Å². The Hall–Kier alpha value is -1.62. The average molecular weight is 277 g/mol. The van der Waals surface area contributed by atoms with Gasteiger partial charge in [-0.05, 0) is 31.0 Å². The first-order valence-electron chi connectivity index (χ1n) is 7.19.